The first-order valence-corrected chi connectivity index (χ1v) is 8.26. The molecular formula is C19H24N2O2. The monoisotopic (exact) mass is 312 g/mol. The molecule has 3 rings (SSSR count). The maximum Gasteiger partial charge on any atom is 0.309 e. The molecule has 1 aliphatic rings. The van der Waals surface area contributed by atoms with Crippen molar-refractivity contribution in [2.45, 2.75) is 32.2 Å². The minimum Gasteiger partial charge on any atom is -0.481 e. The summed E-state index contributed by atoms with van der Waals surface area (Å²) in [5, 5.41) is 10.9. The SMILES string of the molecule is C=CCCC1(C(=O)O)CCN(Cc2ccc3[nH]ccc3c2)CC1. The topological polar surface area (TPSA) is 56.3 Å². The van der Waals surface area contributed by atoms with Gasteiger partial charge in [0.1, 0.15) is 0 Å². The molecule has 2 N–H and O–H groups in total. The van der Waals surface area contributed by atoms with E-state index in [4.69, 9.17) is 0 Å². The third kappa shape index (κ3) is 3.32. The van der Waals surface area contributed by atoms with Crippen LogP contribution in [0, 0.1) is 5.41 Å². The van der Waals surface area contributed by atoms with Crippen LogP contribution in [-0.4, -0.2) is 34.0 Å². The van der Waals surface area contributed by atoms with Gasteiger partial charge in [-0.25, -0.2) is 0 Å². The van der Waals surface area contributed by atoms with Crippen LogP contribution in [0.4, 0.5) is 0 Å². The highest BCUT2D eigenvalue weighted by atomic mass is 16.4. The number of hydrogen-bond acceptors (Lipinski definition) is 2. The van der Waals surface area contributed by atoms with Gasteiger partial charge in [0, 0.05) is 18.3 Å². The van der Waals surface area contributed by atoms with Crippen molar-refractivity contribution in [3.8, 4) is 0 Å². The van der Waals surface area contributed by atoms with Gasteiger partial charge in [-0.3, -0.25) is 9.69 Å². The Kier molecular flexibility index (Phi) is 4.53. The van der Waals surface area contributed by atoms with Crippen LogP contribution in [0.5, 0.6) is 0 Å². The van der Waals surface area contributed by atoms with Gasteiger partial charge in [-0.1, -0.05) is 12.1 Å². The first-order chi connectivity index (χ1) is 11.1. The smallest absolute Gasteiger partial charge is 0.309 e. The molecule has 23 heavy (non-hydrogen) atoms. The van der Waals surface area contributed by atoms with E-state index in [2.05, 4.69) is 40.7 Å². The van der Waals surface area contributed by atoms with Gasteiger partial charge in [-0.15, -0.1) is 6.58 Å². The van der Waals surface area contributed by atoms with Crippen LogP contribution in [0.15, 0.2) is 43.1 Å². The molecule has 4 heteroatoms. The second kappa shape index (κ2) is 6.59. The normalized spacial score (nSPS) is 18.1. The summed E-state index contributed by atoms with van der Waals surface area (Å²) in [6.45, 7) is 6.29. The van der Waals surface area contributed by atoms with Crippen LogP contribution in [0.2, 0.25) is 0 Å². The lowest BCUT2D eigenvalue weighted by Crippen LogP contribution is -2.44. The number of benzene rings is 1. The van der Waals surface area contributed by atoms with E-state index < -0.39 is 11.4 Å². The third-order valence-electron chi connectivity index (χ3n) is 5.12. The lowest BCUT2D eigenvalue weighted by atomic mass is 9.75. The summed E-state index contributed by atoms with van der Waals surface area (Å²) in [5.74, 6) is -0.646. The van der Waals surface area contributed by atoms with Crippen LogP contribution in [-0.2, 0) is 11.3 Å². The molecule has 1 saturated heterocycles. The quantitative estimate of drug-likeness (QED) is 0.798. The van der Waals surface area contributed by atoms with Crippen molar-refractivity contribution in [2.75, 3.05) is 13.1 Å². The number of carbonyl (C=O) groups is 1. The highest BCUT2D eigenvalue weighted by molar-refractivity contribution is 5.79. The van der Waals surface area contributed by atoms with Gasteiger partial charge in [0.05, 0.1) is 5.41 Å². The molecule has 0 saturated carbocycles. The number of nitrogens with zero attached hydrogens (tertiary/aromatic N) is 1. The summed E-state index contributed by atoms with van der Waals surface area (Å²) in [4.78, 5) is 17.3. The zero-order valence-corrected chi connectivity index (χ0v) is 13.4. The zero-order chi connectivity index (χ0) is 16.3. The van der Waals surface area contributed by atoms with Gasteiger partial charge in [-0.2, -0.15) is 0 Å². The van der Waals surface area contributed by atoms with E-state index in [0.717, 1.165) is 44.4 Å². The number of carboxylic acids is 1. The fraction of sp³-hybridized carbons (Fsp3) is 0.421. The zero-order valence-electron chi connectivity index (χ0n) is 13.4. The molecular weight excluding hydrogens is 288 g/mol. The first-order valence-electron chi connectivity index (χ1n) is 8.26. The number of aromatic amines is 1. The molecule has 1 aliphatic heterocycles. The molecule has 0 bridgehead atoms. The number of hydrogen-bond donors (Lipinski definition) is 2. The van der Waals surface area contributed by atoms with Crippen LogP contribution >= 0.6 is 0 Å². The molecule has 0 amide bonds. The number of H-pyrrole nitrogens is 1. The Morgan fingerprint density at radius 1 is 1.35 bits per heavy atom. The minimum atomic E-state index is -0.646. The van der Waals surface area contributed by atoms with E-state index in [9.17, 15) is 9.90 Å². The highest BCUT2D eigenvalue weighted by Gasteiger charge is 2.40. The molecule has 1 aromatic carbocycles. The summed E-state index contributed by atoms with van der Waals surface area (Å²) < 4.78 is 0. The minimum absolute atomic E-state index is 0.560. The fourth-order valence-electron chi connectivity index (χ4n) is 3.55. The second-order valence-electron chi connectivity index (χ2n) is 6.59. The van der Waals surface area contributed by atoms with Gasteiger partial charge in [0.15, 0.2) is 0 Å². The first kappa shape index (κ1) is 15.8. The number of piperidine rings is 1. The average molecular weight is 312 g/mol. The lowest BCUT2D eigenvalue weighted by Gasteiger charge is -2.39. The maximum atomic E-state index is 11.7. The second-order valence-corrected chi connectivity index (χ2v) is 6.59. The van der Waals surface area contributed by atoms with Crippen molar-refractivity contribution in [2.24, 2.45) is 5.41 Å². The maximum absolute atomic E-state index is 11.7. The summed E-state index contributed by atoms with van der Waals surface area (Å²) in [6.07, 6.45) is 6.70. The van der Waals surface area contributed by atoms with Crippen LogP contribution in [0.1, 0.15) is 31.2 Å². The number of rotatable bonds is 6. The summed E-state index contributed by atoms with van der Waals surface area (Å²) in [5.41, 5.74) is 1.88. The Balaban J connectivity index is 1.63. The molecule has 1 fully saturated rings. The Bertz CT molecular complexity index is 696. The predicted octanol–water partition coefficient (Wildman–Crippen LogP) is 3.80. The summed E-state index contributed by atoms with van der Waals surface area (Å²) in [7, 11) is 0. The van der Waals surface area contributed by atoms with Crippen molar-refractivity contribution >= 4 is 16.9 Å². The molecule has 0 spiro atoms. The highest BCUT2D eigenvalue weighted by Crippen LogP contribution is 2.37. The Morgan fingerprint density at radius 3 is 2.83 bits per heavy atom. The standard InChI is InChI=1S/C19H24N2O2/c1-2-3-7-19(18(22)23)8-11-21(12-9-19)14-15-4-5-17-16(13-15)6-10-20-17/h2,4-6,10,13,20H,1,3,7-9,11-12,14H2,(H,22,23). The fourth-order valence-corrected chi connectivity index (χ4v) is 3.55. The van der Waals surface area contributed by atoms with Crippen LogP contribution in [0.3, 0.4) is 0 Å². The molecule has 2 heterocycles. The van der Waals surface area contributed by atoms with Gasteiger partial charge in [0.25, 0.3) is 0 Å². The molecule has 2 aromatic rings. The van der Waals surface area contributed by atoms with E-state index in [-0.39, 0.29) is 0 Å². The predicted molar refractivity (Wildman–Crippen MR) is 92.3 cm³/mol. The third-order valence-corrected chi connectivity index (χ3v) is 5.12. The van der Waals surface area contributed by atoms with E-state index >= 15 is 0 Å². The number of aromatic nitrogens is 1. The van der Waals surface area contributed by atoms with E-state index in [1.807, 2.05) is 12.3 Å². The number of carboxylic acid groups (broad SMARTS) is 1. The molecule has 1 aromatic heterocycles. The molecule has 4 nitrogen and oxygen atoms in total. The van der Waals surface area contributed by atoms with Crippen molar-refractivity contribution < 1.29 is 9.90 Å². The van der Waals surface area contributed by atoms with E-state index in [1.165, 1.54) is 10.9 Å². The van der Waals surface area contributed by atoms with Crippen LogP contribution < -0.4 is 0 Å². The molecule has 0 radical (unpaired) electrons. The Morgan fingerprint density at radius 2 is 2.13 bits per heavy atom. The van der Waals surface area contributed by atoms with Crippen molar-refractivity contribution in [1.29, 1.82) is 0 Å². The van der Waals surface area contributed by atoms with Gasteiger partial charge in [-0.05, 0) is 67.9 Å². The van der Waals surface area contributed by atoms with Crippen molar-refractivity contribution in [3.05, 3.63) is 48.7 Å². The van der Waals surface area contributed by atoms with Gasteiger partial charge >= 0.3 is 5.97 Å². The number of nitrogens with one attached hydrogen (secondary N) is 1. The molecule has 0 unspecified atom stereocenters. The average Bonchev–Trinajstić information content (AvgIpc) is 3.02. The molecule has 0 atom stereocenters. The Labute approximate surface area is 136 Å². The summed E-state index contributed by atoms with van der Waals surface area (Å²) >= 11 is 0. The largest absolute Gasteiger partial charge is 0.481 e. The number of likely N-dealkylation sites (tertiary alicyclic amines) is 1. The molecule has 122 valence electrons. The summed E-state index contributed by atoms with van der Waals surface area (Å²) in [6, 6.07) is 8.55. The van der Waals surface area contributed by atoms with Crippen molar-refractivity contribution in [1.82, 2.24) is 9.88 Å². The van der Waals surface area contributed by atoms with Gasteiger partial charge < -0.3 is 10.1 Å². The van der Waals surface area contributed by atoms with E-state index in [1.54, 1.807) is 0 Å². The number of allylic oxidation sites excluding steroid dienone is 1. The van der Waals surface area contributed by atoms with Gasteiger partial charge in [0.2, 0.25) is 0 Å². The van der Waals surface area contributed by atoms with Crippen LogP contribution in [0.25, 0.3) is 10.9 Å². The number of fused-ring (bicyclic) bond motifs is 1. The van der Waals surface area contributed by atoms with E-state index in [0.29, 0.717) is 6.42 Å². The lowest BCUT2D eigenvalue weighted by molar-refractivity contribution is -0.152. The Hall–Kier alpha value is -2.07. The number of aliphatic carboxylic acids is 1. The molecule has 0 aliphatic carbocycles. The van der Waals surface area contributed by atoms with Crippen molar-refractivity contribution in [3.63, 3.8) is 0 Å².